The maximum atomic E-state index is 12.5. The lowest BCUT2D eigenvalue weighted by Gasteiger charge is -2.19. The number of anilines is 1. The maximum Gasteiger partial charge on any atom is 0.416 e. The van der Waals surface area contributed by atoms with Gasteiger partial charge in [0, 0.05) is 6.54 Å². The Kier molecular flexibility index (Phi) is 4.40. The van der Waals surface area contributed by atoms with Crippen LogP contribution in [0.4, 0.5) is 18.9 Å². The van der Waals surface area contributed by atoms with Crippen LogP contribution in [0.2, 0.25) is 5.02 Å². The number of alkyl halides is 3. The van der Waals surface area contributed by atoms with Gasteiger partial charge in [-0.1, -0.05) is 23.8 Å². The van der Waals surface area contributed by atoms with Gasteiger partial charge in [-0.25, -0.2) is 0 Å². The largest absolute Gasteiger partial charge is 0.416 e. The second-order valence-corrected chi connectivity index (χ2v) is 5.13. The predicted octanol–water partition coefficient (Wildman–Crippen LogP) is 5.13. The Labute approximate surface area is 115 Å². The molecule has 2 rings (SSSR count). The summed E-state index contributed by atoms with van der Waals surface area (Å²) in [6.45, 7) is 0.732. The van der Waals surface area contributed by atoms with E-state index in [2.05, 4.69) is 17.5 Å². The molecule has 0 fully saturated rings. The highest BCUT2D eigenvalue weighted by Crippen LogP contribution is 2.34. The first kappa shape index (κ1) is 14.3. The van der Waals surface area contributed by atoms with Gasteiger partial charge >= 0.3 is 6.18 Å². The fourth-order valence-corrected chi connectivity index (χ4v) is 2.38. The summed E-state index contributed by atoms with van der Waals surface area (Å²) < 4.78 is 37.5. The quantitative estimate of drug-likeness (QED) is 0.761. The van der Waals surface area contributed by atoms with Gasteiger partial charge in [0.2, 0.25) is 0 Å². The van der Waals surface area contributed by atoms with Crippen LogP contribution in [-0.4, -0.2) is 6.54 Å². The molecule has 0 saturated carbocycles. The summed E-state index contributed by atoms with van der Waals surface area (Å²) in [4.78, 5) is 0. The van der Waals surface area contributed by atoms with Crippen LogP contribution in [0.1, 0.15) is 24.8 Å². The first-order chi connectivity index (χ1) is 8.97. The van der Waals surface area contributed by atoms with Crippen molar-refractivity contribution in [2.45, 2.75) is 25.4 Å². The molecule has 1 aliphatic carbocycles. The van der Waals surface area contributed by atoms with Crippen LogP contribution < -0.4 is 5.32 Å². The number of hydrogen-bond donors (Lipinski definition) is 1. The summed E-state index contributed by atoms with van der Waals surface area (Å²) in [6, 6.07) is 3.41. The molecule has 0 aromatic heterocycles. The maximum absolute atomic E-state index is 12.5. The summed E-state index contributed by atoms with van der Waals surface area (Å²) in [5.74, 6) is 0.517. The van der Waals surface area contributed by atoms with Crippen molar-refractivity contribution in [3.63, 3.8) is 0 Å². The van der Waals surface area contributed by atoms with Gasteiger partial charge in [-0.15, -0.1) is 0 Å². The van der Waals surface area contributed by atoms with Gasteiger partial charge in [0.15, 0.2) is 0 Å². The lowest BCUT2D eigenvalue weighted by molar-refractivity contribution is -0.137. The van der Waals surface area contributed by atoms with Crippen LogP contribution in [-0.2, 0) is 6.18 Å². The van der Waals surface area contributed by atoms with Crippen molar-refractivity contribution < 1.29 is 13.2 Å². The molecular weight excluding hydrogens is 275 g/mol. The van der Waals surface area contributed by atoms with E-state index in [1.54, 1.807) is 0 Å². The highest BCUT2D eigenvalue weighted by Gasteiger charge is 2.30. The zero-order valence-electron chi connectivity index (χ0n) is 10.3. The molecule has 1 unspecified atom stereocenters. The minimum Gasteiger partial charge on any atom is -0.384 e. The Morgan fingerprint density at radius 3 is 2.63 bits per heavy atom. The minimum absolute atomic E-state index is 0.112. The van der Waals surface area contributed by atoms with Gasteiger partial charge in [-0.3, -0.25) is 0 Å². The summed E-state index contributed by atoms with van der Waals surface area (Å²) in [5.41, 5.74) is -0.159. The van der Waals surface area contributed by atoms with E-state index >= 15 is 0 Å². The molecule has 0 heterocycles. The van der Waals surface area contributed by atoms with Crippen LogP contribution in [0.25, 0.3) is 0 Å². The van der Waals surface area contributed by atoms with Crippen molar-refractivity contribution in [2.75, 3.05) is 11.9 Å². The predicted molar refractivity (Wildman–Crippen MR) is 71.4 cm³/mol. The molecule has 0 spiro atoms. The molecule has 1 N–H and O–H groups in total. The topological polar surface area (TPSA) is 12.0 Å². The summed E-state index contributed by atoms with van der Waals surface area (Å²) in [5, 5.41) is 3.24. The molecule has 1 nitrogen and oxygen atoms in total. The van der Waals surface area contributed by atoms with Gasteiger partial charge in [0.05, 0.1) is 16.3 Å². The fourth-order valence-electron chi connectivity index (χ4n) is 2.13. The third kappa shape index (κ3) is 3.90. The molecule has 0 amide bonds. The number of allylic oxidation sites excluding steroid dienone is 2. The zero-order valence-corrected chi connectivity index (χ0v) is 11.1. The normalized spacial score (nSPS) is 19.5. The van der Waals surface area contributed by atoms with Gasteiger partial charge in [0.1, 0.15) is 0 Å². The molecule has 19 heavy (non-hydrogen) atoms. The highest BCUT2D eigenvalue weighted by atomic mass is 35.5. The van der Waals surface area contributed by atoms with Crippen molar-refractivity contribution in [3.05, 3.63) is 40.9 Å². The number of halogens is 4. The van der Waals surface area contributed by atoms with E-state index < -0.39 is 11.7 Å². The average molecular weight is 290 g/mol. The standard InChI is InChI=1S/C14H15ClF3N/c15-12-8-11(14(16,17)18)6-7-13(12)19-9-10-4-2-1-3-5-10/h1-2,6-8,10,19H,3-5,9H2. The number of hydrogen-bond acceptors (Lipinski definition) is 1. The van der Waals surface area contributed by atoms with E-state index in [4.69, 9.17) is 11.6 Å². The number of rotatable bonds is 3. The van der Waals surface area contributed by atoms with Crippen LogP contribution in [0.15, 0.2) is 30.4 Å². The number of benzene rings is 1. The summed E-state index contributed by atoms with van der Waals surface area (Å²) in [6.07, 6.45) is 3.11. The van der Waals surface area contributed by atoms with Crippen molar-refractivity contribution in [1.82, 2.24) is 0 Å². The average Bonchev–Trinajstić information content (AvgIpc) is 2.37. The van der Waals surface area contributed by atoms with Crippen molar-refractivity contribution >= 4 is 17.3 Å². The second-order valence-electron chi connectivity index (χ2n) is 4.72. The van der Waals surface area contributed by atoms with Crippen LogP contribution in [0, 0.1) is 5.92 Å². The number of nitrogens with one attached hydrogen (secondary N) is 1. The van der Waals surface area contributed by atoms with Gasteiger partial charge in [-0.2, -0.15) is 13.2 Å². The molecule has 0 bridgehead atoms. The van der Waals surface area contributed by atoms with Crippen LogP contribution in [0.5, 0.6) is 0 Å². The Bertz CT molecular complexity index is 468. The third-order valence-electron chi connectivity index (χ3n) is 3.26. The van der Waals surface area contributed by atoms with E-state index in [1.165, 1.54) is 6.07 Å². The van der Waals surface area contributed by atoms with Crippen LogP contribution >= 0.6 is 11.6 Å². The zero-order chi connectivity index (χ0) is 13.9. The molecule has 0 saturated heterocycles. The van der Waals surface area contributed by atoms with Crippen molar-refractivity contribution in [3.8, 4) is 0 Å². The van der Waals surface area contributed by atoms with E-state index in [0.29, 0.717) is 11.6 Å². The Hall–Kier alpha value is -1.16. The Balaban J connectivity index is 1.99. The van der Waals surface area contributed by atoms with Crippen molar-refractivity contribution in [1.29, 1.82) is 0 Å². The second kappa shape index (κ2) is 5.87. The fraction of sp³-hybridized carbons (Fsp3) is 0.429. The Morgan fingerprint density at radius 1 is 1.26 bits per heavy atom. The van der Waals surface area contributed by atoms with E-state index in [9.17, 15) is 13.2 Å². The monoisotopic (exact) mass is 289 g/mol. The van der Waals surface area contributed by atoms with Crippen LogP contribution in [0.3, 0.4) is 0 Å². The minimum atomic E-state index is -4.35. The summed E-state index contributed by atoms with van der Waals surface area (Å²) >= 11 is 5.88. The lowest BCUT2D eigenvalue weighted by atomic mass is 9.94. The van der Waals surface area contributed by atoms with Gasteiger partial charge < -0.3 is 5.32 Å². The molecule has 0 aliphatic heterocycles. The first-order valence-corrected chi connectivity index (χ1v) is 6.60. The molecule has 1 atom stereocenters. The SMILES string of the molecule is FC(F)(F)c1ccc(NCC2CC=CCC2)c(Cl)c1. The molecule has 0 radical (unpaired) electrons. The first-order valence-electron chi connectivity index (χ1n) is 6.22. The smallest absolute Gasteiger partial charge is 0.384 e. The summed E-state index contributed by atoms with van der Waals surface area (Å²) in [7, 11) is 0. The van der Waals surface area contributed by atoms with Gasteiger partial charge in [0.25, 0.3) is 0 Å². The van der Waals surface area contributed by atoms with Crippen molar-refractivity contribution in [2.24, 2.45) is 5.92 Å². The van der Waals surface area contributed by atoms with E-state index in [0.717, 1.165) is 37.9 Å². The highest BCUT2D eigenvalue weighted by molar-refractivity contribution is 6.33. The van der Waals surface area contributed by atoms with E-state index in [-0.39, 0.29) is 5.02 Å². The molecule has 5 heteroatoms. The lowest BCUT2D eigenvalue weighted by Crippen LogP contribution is -2.15. The van der Waals surface area contributed by atoms with Gasteiger partial charge in [-0.05, 0) is 43.4 Å². The molecule has 1 aliphatic rings. The van der Waals surface area contributed by atoms with E-state index in [1.807, 2.05) is 0 Å². The molecule has 1 aromatic carbocycles. The molecular formula is C14H15ClF3N. The molecule has 1 aromatic rings. The Morgan fingerprint density at radius 2 is 2.05 bits per heavy atom. The molecule has 104 valence electrons. The third-order valence-corrected chi connectivity index (χ3v) is 3.57.